The zero-order valence-corrected chi connectivity index (χ0v) is 18.8. The monoisotopic (exact) mass is 497 g/mol. The molecule has 3 aromatic carbocycles. The second-order valence-corrected chi connectivity index (χ2v) is 9.14. The van der Waals surface area contributed by atoms with E-state index in [0.717, 1.165) is 12.1 Å². The Morgan fingerprint density at radius 2 is 1.56 bits per heavy atom. The lowest BCUT2D eigenvalue weighted by Crippen LogP contribution is -2.41. The minimum Gasteiger partial charge on any atom is -0.451 e. The van der Waals surface area contributed by atoms with Crippen molar-refractivity contribution in [1.82, 2.24) is 10.9 Å². The summed E-state index contributed by atoms with van der Waals surface area (Å²) in [5, 5.41) is 0.666. The number of carbonyl (C=O) groups is 2. The van der Waals surface area contributed by atoms with Gasteiger partial charge in [-0.1, -0.05) is 35.9 Å². The SMILES string of the molecule is O=C(NNC(=O)c1cc(=O)c2ccccc2o1)c1cccc(S(=O)(=O)Nc2cccc(Cl)c2)c1. The van der Waals surface area contributed by atoms with Crippen molar-refractivity contribution in [3.05, 3.63) is 105 Å². The van der Waals surface area contributed by atoms with Gasteiger partial charge < -0.3 is 4.42 Å². The highest BCUT2D eigenvalue weighted by Gasteiger charge is 2.18. The van der Waals surface area contributed by atoms with E-state index in [2.05, 4.69) is 15.6 Å². The Labute approximate surface area is 198 Å². The van der Waals surface area contributed by atoms with Crippen molar-refractivity contribution in [2.75, 3.05) is 4.72 Å². The molecular formula is C23H16ClN3O6S. The van der Waals surface area contributed by atoms with E-state index in [1.807, 2.05) is 0 Å². The summed E-state index contributed by atoms with van der Waals surface area (Å²) in [4.78, 5) is 36.8. The standard InChI is InChI=1S/C23H16ClN3O6S/c24-15-6-4-7-16(12-15)27-34(31,32)17-8-3-5-14(11-17)22(29)25-26-23(30)21-13-19(28)18-9-1-2-10-20(18)33-21/h1-13,27H,(H,25,29)(H,26,30). The van der Waals surface area contributed by atoms with Gasteiger partial charge in [0.25, 0.3) is 15.9 Å². The first-order chi connectivity index (χ1) is 16.2. The molecule has 0 aliphatic carbocycles. The van der Waals surface area contributed by atoms with Crippen molar-refractivity contribution in [2.24, 2.45) is 0 Å². The Kier molecular flexibility index (Phi) is 6.35. The number of hydrazine groups is 1. The van der Waals surface area contributed by atoms with Crippen molar-refractivity contribution in [3.8, 4) is 0 Å². The van der Waals surface area contributed by atoms with Gasteiger partial charge in [-0.2, -0.15) is 0 Å². The Hall–Kier alpha value is -4.15. The van der Waals surface area contributed by atoms with Gasteiger partial charge in [-0.15, -0.1) is 0 Å². The zero-order valence-electron chi connectivity index (χ0n) is 17.2. The molecule has 4 aromatic rings. The smallest absolute Gasteiger partial charge is 0.305 e. The fourth-order valence-corrected chi connectivity index (χ4v) is 4.32. The summed E-state index contributed by atoms with van der Waals surface area (Å²) in [6.07, 6.45) is 0. The van der Waals surface area contributed by atoms with Crippen LogP contribution in [0.3, 0.4) is 0 Å². The Morgan fingerprint density at radius 3 is 2.35 bits per heavy atom. The lowest BCUT2D eigenvalue weighted by Gasteiger charge is -2.10. The van der Waals surface area contributed by atoms with Crippen LogP contribution in [0.2, 0.25) is 5.02 Å². The molecule has 3 N–H and O–H groups in total. The third kappa shape index (κ3) is 5.08. The molecule has 0 atom stereocenters. The molecular weight excluding hydrogens is 482 g/mol. The number of para-hydroxylation sites is 1. The van der Waals surface area contributed by atoms with Crippen LogP contribution in [-0.2, 0) is 10.0 Å². The molecule has 0 saturated carbocycles. The van der Waals surface area contributed by atoms with Gasteiger partial charge in [0.1, 0.15) is 5.58 Å². The second kappa shape index (κ2) is 9.38. The van der Waals surface area contributed by atoms with Crippen molar-refractivity contribution in [1.29, 1.82) is 0 Å². The van der Waals surface area contributed by atoms with Gasteiger partial charge in [0.05, 0.1) is 16.0 Å². The van der Waals surface area contributed by atoms with E-state index in [0.29, 0.717) is 10.4 Å². The summed E-state index contributed by atoms with van der Waals surface area (Å²) in [5.41, 5.74) is 4.34. The molecule has 4 rings (SSSR count). The minimum absolute atomic E-state index is 0.0331. The number of nitrogens with one attached hydrogen (secondary N) is 3. The number of hydrogen-bond donors (Lipinski definition) is 3. The van der Waals surface area contributed by atoms with Crippen LogP contribution in [0.15, 0.2) is 93.0 Å². The van der Waals surface area contributed by atoms with Crippen LogP contribution < -0.4 is 21.0 Å². The number of anilines is 1. The Balaban J connectivity index is 1.47. The molecule has 34 heavy (non-hydrogen) atoms. The number of amides is 2. The number of rotatable bonds is 5. The van der Waals surface area contributed by atoms with Crippen LogP contribution in [0.1, 0.15) is 20.9 Å². The van der Waals surface area contributed by atoms with E-state index in [9.17, 15) is 22.8 Å². The second-order valence-electron chi connectivity index (χ2n) is 7.02. The zero-order chi connectivity index (χ0) is 24.3. The Morgan fingerprint density at radius 1 is 0.824 bits per heavy atom. The molecule has 0 bridgehead atoms. The Bertz CT molecular complexity index is 1580. The summed E-state index contributed by atoms with van der Waals surface area (Å²) < 4.78 is 33.1. The van der Waals surface area contributed by atoms with Crippen LogP contribution >= 0.6 is 11.6 Å². The molecule has 0 aliphatic rings. The quantitative estimate of drug-likeness (QED) is 0.362. The maximum atomic E-state index is 12.7. The molecule has 1 aromatic heterocycles. The van der Waals surface area contributed by atoms with E-state index >= 15 is 0 Å². The first-order valence-electron chi connectivity index (χ1n) is 9.75. The molecule has 1 heterocycles. The van der Waals surface area contributed by atoms with Gasteiger partial charge in [-0.05, 0) is 48.5 Å². The molecule has 172 valence electrons. The third-order valence-corrected chi connectivity index (χ3v) is 6.25. The predicted octanol–water partition coefficient (Wildman–Crippen LogP) is 3.32. The summed E-state index contributed by atoms with van der Waals surface area (Å²) in [5.74, 6) is -1.94. The number of halogens is 1. The normalized spacial score (nSPS) is 11.1. The predicted molar refractivity (Wildman–Crippen MR) is 126 cm³/mol. The number of carbonyl (C=O) groups excluding carboxylic acids is 2. The van der Waals surface area contributed by atoms with Crippen molar-refractivity contribution >= 4 is 50.1 Å². The highest BCUT2D eigenvalue weighted by atomic mass is 35.5. The minimum atomic E-state index is -4.01. The van der Waals surface area contributed by atoms with Gasteiger partial charge >= 0.3 is 5.91 Å². The number of hydrogen-bond acceptors (Lipinski definition) is 6. The fourth-order valence-electron chi connectivity index (χ4n) is 3.03. The lowest BCUT2D eigenvalue weighted by molar-refractivity contribution is 0.0831. The maximum absolute atomic E-state index is 12.7. The van der Waals surface area contributed by atoms with Gasteiger partial charge in [0.15, 0.2) is 11.2 Å². The summed E-state index contributed by atoms with van der Waals surface area (Å²) >= 11 is 5.88. The molecule has 0 aliphatic heterocycles. The molecule has 0 spiro atoms. The number of benzene rings is 3. The molecule has 2 amide bonds. The number of sulfonamides is 1. The molecule has 0 radical (unpaired) electrons. The average molecular weight is 498 g/mol. The first-order valence-corrected chi connectivity index (χ1v) is 11.6. The first kappa shape index (κ1) is 23.0. The van der Waals surface area contributed by atoms with Crippen molar-refractivity contribution < 1.29 is 22.4 Å². The number of fused-ring (bicyclic) bond motifs is 1. The summed E-state index contributed by atoms with van der Waals surface area (Å²) in [7, 11) is -4.01. The molecule has 0 unspecified atom stereocenters. The highest BCUT2D eigenvalue weighted by Crippen LogP contribution is 2.20. The largest absolute Gasteiger partial charge is 0.451 e. The van der Waals surface area contributed by atoms with Crippen LogP contribution in [0.25, 0.3) is 11.0 Å². The maximum Gasteiger partial charge on any atom is 0.305 e. The topological polar surface area (TPSA) is 135 Å². The van der Waals surface area contributed by atoms with Gasteiger partial charge in [-0.25, -0.2) is 8.42 Å². The van der Waals surface area contributed by atoms with Crippen molar-refractivity contribution in [2.45, 2.75) is 4.90 Å². The van der Waals surface area contributed by atoms with Crippen LogP contribution in [0, 0.1) is 0 Å². The van der Waals surface area contributed by atoms with E-state index in [1.54, 1.807) is 30.3 Å². The van der Waals surface area contributed by atoms with Crippen molar-refractivity contribution in [3.63, 3.8) is 0 Å². The average Bonchev–Trinajstić information content (AvgIpc) is 2.82. The van der Waals surface area contributed by atoms with Gasteiger partial charge in [-0.3, -0.25) is 30.0 Å². The fraction of sp³-hybridized carbons (Fsp3) is 0. The lowest BCUT2D eigenvalue weighted by atomic mass is 10.2. The van der Waals surface area contributed by atoms with Crippen LogP contribution in [0.5, 0.6) is 0 Å². The van der Waals surface area contributed by atoms with E-state index < -0.39 is 27.3 Å². The van der Waals surface area contributed by atoms with Crippen LogP contribution in [-0.4, -0.2) is 20.2 Å². The third-order valence-electron chi connectivity index (χ3n) is 4.63. The van der Waals surface area contributed by atoms with E-state index in [4.69, 9.17) is 16.0 Å². The molecule has 0 fully saturated rings. The van der Waals surface area contributed by atoms with E-state index in [-0.39, 0.29) is 27.5 Å². The van der Waals surface area contributed by atoms with Gasteiger partial charge in [0, 0.05) is 16.7 Å². The molecule has 11 heteroatoms. The summed E-state index contributed by atoms with van der Waals surface area (Å²) in [6.45, 7) is 0. The van der Waals surface area contributed by atoms with Gasteiger partial charge in [0.2, 0.25) is 0 Å². The summed E-state index contributed by atoms with van der Waals surface area (Å²) in [6, 6.07) is 18.8. The van der Waals surface area contributed by atoms with Crippen LogP contribution in [0.4, 0.5) is 5.69 Å². The highest BCUT2D eigenvalue weighted by molar-refractivity contribution is 7.92. The molecule has 9 nitrogen and oxygen atoms in total. The molecule has 0 saturated heterocycles. The van der Waals surface area contributed by atoms with E-state index in [1.165, 1.54) is 36.4 Å².